The molecule has 0 saturated carbocycles. The van der Waals surface area contributed by atoms with Gasteiger partial charge in [-0.15, -0.1) is 0 Å². The third-order valence-electron chi connectivity index (χ3n) is 12.3. The topological polar surface area (TPSA) is 453 Å². The van der Waals surface area contributed by atoms with E-state index < -0.39 is 210 Å². The summed E-state index contributed by atoms with van der Waals surface area (Å²) in [7, 11) is 0. The summed E-state index contributed by atoms with van der Waals surface area (Å²) in [5.74, 6) is -6.86. The number of ether oxygens (including phenoxy) is 9. The molecule has 65 heavy (non-hydrogen) atoms. The minimum absolute atomic E-state index is 0.728. The fraction of sp³-hybridized carbons (Fsp3) is 0.946. The standard InChI is InChI=1S/C37H63NO27/c1-10-13(45)4-37(36(55)56,64-28(10)21(48)14(46)5-39)65-32-23(50)16(7-41)59-35(27(32)54)61-29-18(9-43)60-33(19(24(29)51)38-12(3)44)63-31-22(49)15(6-40)58-34(26(31)53)62-30-17(8-42)57-11(2)20(47)25(30)52/h10-11,13-35,39-43,45-54H,4-9H2,1-3H3,(H,38,44)(H,55,56)/t10-,11?,13?,14-,15?,16?,17?,18?,19?,20?,21-,22+,23+,24-,25-,26?,27?,28-,29-,30-,31+,32+,33+,34+,35+,37+/m1/s1. The van der Waals surface area contributed by atoms with Gasteiger partial charge in [-0.2, -0.15) is 0 Å². The lowest BCUT2D eigenvalue weighted by molar-refractivity contribution is -0.390. The second-order valence-corrected chi connectivity index (χ2v) is 16.8. The number of rotatable bonds is 17. The molecule has 378 valence electrons. The molecule has 28 heteroatoms. The van der Waals surface area contributed by atoms with Gasteiger partial charge in [-0.3, -0.25) is 4.79 Å². The average Bonchev–Trinajstić information content (AvgIpc) is 3.27. The van der Waals surface area contributed by atoms with E-state index in [0.717, 1.165) is 6.92 Å². The Hall–Kier alpha value is -2.02. The molecule has 17 N–H and O–H groups in total. The van der Waals surface area contributed by atoms with Crippen molar-refractivity contribution in [3.05, 3.63) is 0 Å². The van der Waals surface area contributed by atoms with Crippen molar-refractivity contribution in [3.63, 3.8) is 0 Å². The smallest absolute Gasteiger partial charge is 0.364 e. The van der Waals surface area contributed by atoms with E-state index in [1.807, 2.05) is 0 Å². The average molecular weight is 954 g/mol. The minimum Gasteiger partial charge on any atom is -0.477 e. The number of aliphatic hydroxyl groups excluding tert-OH is 15. The van der Waals surface area contributed by atoms with Crippen molar-refractivity contribution in [3.8, 4) is 0 Å². The molecule has 5 saturated heterocycles. The van der Waals surface area contributed by atoms with Gasteiger partial charge in [-0.25, -0.2) is 4.79 Å². The van der Waals surface area contributed by atoms with Gasteiger partial charge in [0.2, 0.25) is 5.91 Å². The lowest BCUT2D eigenvalue weighted by Gasteiger charge is -2.51. The second kappa shape index (κ2) is 22.6. The number of amides is 1. The zero-order chi connectivity index (χ0) is 48.4. The van der Waals surface area contributed by atoms with Crippen molar-refractivity contribution >= 4 is 11.9 Å². The second-order valence-electron chi connectivity index (χ2n) is 16.8. The molecular weight excluding hydrogens is 890 g/mol. The zero-order valence-corrected chi connectivity index (χ0v) is 35.3. The highest BCUT2D eigenvalue weighted by Crippen LogP contribution is 2.40. The molecule has 0 aliphatic carbocycles. The lowest BCUT2D eigenvalue weighted by Crippen LogP contribution is -2.70. The first-order chi connectivity index (χ1) is 30.6. The van der Waals surface area contributed by atoms with Crippen molar-refractivity contribution in [1.82, 2.24) is 5.32 Å². The first-order valence-corrected chi connectivity index (χ1v) is 20.9. The molecule has 5 aliphatic rings. The molecule has 5 heterocycles. The molecule has 0 aromatic heterocycles. The summed E-state index contributed by atoms with van der Waals surface area (Å²) in [4.78, 5) is 25.3. The molecule has 5 fully saturated rings. The van der Waals surface area contributed by atoms with Crippen LogP contribution >= 0.6 is 0 Å². The number of aliphatic carboxylic acids is 1. The number of carbonyl (C=O) groups excluding carboxylic acids is 1. The number of hydrogen-bond acceptors (Lipinski definition) is 26. The van der Waals surface area contributed by atoms with Crippen LogP contribution in [0, 0.1) is 5.92 Å². The first kappa shape index (κ1) is 53.9. The molecule has 10 unspecified atom stereocenters. The van der Waals surface area contributed by atoms with Gasteiger partial charge in [0.1, 0.15) is 110 Å². The Morgan fingerprint density at radius 2 is 1.11 bits per heavy atom. The monoisotopic (exact) mass is 953 g/mol. The van der Waals surface area contributed by atoms with Crippen LogP contribution in [0.4, 0.5) is 0 Å². The Labute approximate surface area is 369 Å². The third kappa shape index (κ3) is 11.2. The van der Waals surface area contributed by atoms with Crippen LogP contribution in [0.25, 0.3) is 0 Å². The van der Waals surface area contributed by atoms with E-state index in [0.29, 0.717) is 0 Å². The number of carbonyl (C=O) groups is 2. The number of nitrogens with one attached hydrogen (secondary N) is 1. The van der Waals surface area contributed by atoms with Gasteiger partial charge in [0, 0.05) is 19.3 Å². The zero-order valence-electron chi connectivity index (χ0n) is 35.3. The Bertz CT molecular complexity index is 1540. The lowest BCUT2D eigenvalue weighted by atomic mass is 9.84. The molecule has 26 atom stereocenters. The van der Waals surface area contributed by atoms with Crippen LogP contribution in [-0.4, -0.2) is 279 Å². The van der Waals surface area contributed by atoms with Crippen LogP contribution in [0.3, 0.4) is 0 Å². The van der Waals surface area contributed by atoms with Crippen LogP contribution in [0.2, 0.25) is 0 Å². The molecule has 5 rings (SSSR count). The van der Waals surface area contributed by atoms with Crippen LogP contribution in [0.15, 0.2) is 0 Å². The van der Waals surface area contributed by atoms with Crippen LogP contribution in [0.5, 0.6) is 0 Å². The van der Waals surface area contributed by atoms with E-state index in [4.69, 9.17) is 42.6 Å². The van der Waals surface area contributed by atoms with Crippen LogP contribution in [-0.2, 0) is 52.2 Å². The Balaban J connectivity index is 1.39. The third-order valence-corrected chi connectivity index (χ3v) is 12.3. The summed E-state index contributed by atoms with van der Waals surface area (Å²) < 4.78 is 51.3. The molecule has 0 spiro atoms. The highest BCUT2D eigenvalue weighted by molar-refractivity contribution is 5.76. The summed E-state index contributed by atoms with van der Waals surface area (Å²) in [6, 6.07) is -1.77. The van der Waals surface area contributed by atoms with Gasteiger partial charge < -0.3 is 130 Å². The molecule has 0 bridgehead atoms. The SMILES string of the molecule is CC(=O)NC1[C@H](O[C@@H]2C(O)[C@H](O[C@@H]3C(CO)OC(C)C(O)[C@H]3O)OC(CO)[C@@H]2O)OC(CO)[C@@H](O[C@@H]2OC(CO)[C@H](O)[C@H](O[C@]3(C(=O)O)CC(O)[C@@H](C)[C@H]([C@H](O)[C@H](O)CO)O3)C2O)[C@@H]1O. The molecule has 0 aromatic rings. The number of carboxylic acids is 1. The van der Waals surface area contributed by atoms with E-state index in [9.17, 15) is 91.3 Å². The summed E-state index contributed by atoms with van der Waals surface area (Å²) >= 11 is 0. The normalized spacial score (nSPS) is 48.3. The summed E-state index contributed by atoms with van der Waals surface area (Å²) in [5.41, 5.74) is 0. The summed E-state index contributed by atoms with van der Waals surface area (Å²) in [6.07, 6.45) is -42.5. The van der Waals surface area contributed by atoms with Gasteiger partial charge in [0.05, 0.1) is 51.3 Å². The van der Waals surface area contributed by atoms with Crippen molar-refractivity contribution in [2.24, 2.45) is 5.92 Å². The maximum absolute atomic E-state index is 12.8. The van der Waals surface area contributed by atoms with Gasteiger partial charge >= 0.3 is 5.97 Å². The quantitative estimate of drug-likeness (QED) is 0.0644. The number of carboxylic acid groups (broad SMARTS) is 1. The molecule has 5 aliphatic heterocycles. The highest BCUT2D eigenvalue weighted by Gasteiger charge is 2.60. The Morgan fingerprint density at radius 3 is 1.62 bits per heavy atom. The Kier molecular flexibility index (Phi) is 18.8. The number of hydrogen-bond donors (Lipinski definition) is 17. The van der Waals surface area contributed by atoms with Crippen molar-refractivity contribution in [2.45, 2.75) is 180 Å². The predicted molar refractivity (Wildman–Crippen MR) is 202 cm³/mol. The van der Waals surface area contributed by atoms with Crippen molar-refractivity contribution < 1.29 is 134 Å². The fourth-order valence-corrected chi connectivity index (χ4v) is 8.52. The Morgan fingerprint density at radius 1 is 0.631 bits per heavy atom. The van der Waals surface area contributed by atoms with Crippen molar-refractivity contribution in [1.29, 1.82) is 0 Å². The maximum atomic E-state index is 12.8. The number of aliphatic hydroxyl groups is 15. The van der Waals surface area contributed by atoms with E-state index in [2.05, 4.69) is 5.32 Å². The van der Waals surface area contributed by atoms with E-state index in [1.165, 1.54) is 13.8 Å². The first-order valence-electron chi connectivity index (χ1n) is 20.9. The van der Waals surface area contributed by atoms with E-state index in [-0.39, 0.29) is 0 Å². The van der Waals surface area contributed by atoms with E-state index in [1.54, 1.807) is 0 Å². The van der Waals surface area contributed by atoms with Crippen molar-refractivity contribution in [2.75, 3.05) is 33.0 Å². The van der Waals surface area contributed by atoms with Gasteiger partial charge in [0.25, 0.3) is 5.79 Å². The fourth-order valence-electron chi connectivity index (χ4n) is 8.52. The maximum Gasteiger partial charge on any atom is 0.364 e. The van der Waals surface area contributed by atoms with Gasteiger partial charge in [0.15, 0.2) is 18.9 Å². The summed E-state index contributed by atoms with van der Waals surface area (Å²) in [5, 5.41) is 172. The predicted octanol–water partition coefficient (Wildman–Crippen LogP) is -10.2. The van der Waals surface area contributed by atoms with Crippen LogP contribution < -0.4 is 5.32 Å². The van der Waals surface area contributed by atoms with Gasteiger partial charge in [-0.05, 0) is 6.92 Å². The molecule has 0 aromatic carbocycles. The molecule has 1 amide bonds. The molecule has 0 radical (unpaired) electrons. The summed E-state index contributed by atoms with van der Waals surface area (Å²) in [6.45, 7) is -0.987. The molecule has 28 nitrogen and oxygen atoms in total. The molecular formula is C37H63NO27. The van der Waals surface area contributed by atoms with E-state index >= 15 is 0 Å². The highest BCUT2D eigenvalue weighted by atomic mass is 16.8. The van der Waals surface area contributed by atoms with Gasteiger partial charge in [-0.1, -0.05) is 6.92 Å². The minimum atomic E-state index is -2.99. The van der Waals surface area contributed by atoms with Crippen LogP contribution in [0.1, 0.15) is 27.2 Å². The largest absolute Gasteiger partial charge is 0.477 e.